The summed E-state index contributed by atoms with van der Waals surface area (Å²) in [6.45, 7) is 10.6. The van der Waals surface area contributed by atoms with Gasteiger partial charge in [-0.2, -0.15) is 0 Å². The second kappa shape index (κ2) is 27.8. The lowest BCUT2D eigenvalue weighted by Crippen LogP contribution is -2.37. The standard InChI is InChI=1S/C37H52O10/c1-7-9-10-11-12-13-14-15-16-17-18-19-20-21-22-23-24-25-26-27-33(38)44-30(4)35(40)46-32(6)37(42)47-31(5)36(41)45-29(3)34(39)43-28-8-2/h8-10,12-13,15-16,18-19,21-22,24-25,29-32H,2,7,11,14,17,20,23,26-28H2,1,3-6H3/b10-9-,13-12-,16-15-,19-18-,22-21-,25-24-/t29-,30-,31-,32-/m0/s1. The van der Waals surface area contributed by atoms with Crippen molar-refractivity contribution in [1.29, 1.82) is 0 Å². The third-order valence-electron chi connectivity index (χ3n) is 5.97. The van der Waals surface area contributed by atoms with E-state index >= 15 is 0 Å². The Morgan fingerprint density at radius 2 is 0.851 bits per heavy atom. The average molecular weight is 657 g/mol. The van der Waals surface area contributed by atoms with E-state index in [0.29, 0.717) is 6.42 Å². The minimum Gasteiger partial charge on any atom is -0.459 e. The molecule has 0 radical (unpaired) electrons. The van der Waals surface area contributed by atoms with Gasteiger partial charge in [0.25, 0.3) is 0 Å². The predicted molar refractivity (Wildman–Crippen MR) is 181 cm³/mol. The molecule has 0 aromatic heterocycles. The van der Waals surface area contributed by atoms with E-state index < -0.39 is 54.3 Å². The highest BCUT2D eigenvalue weighted by Gasteiger charge is 2.30. The summed E-state index contributed by atoms with van der Waals surface area (Å²) in [6.07, 6.45) is 27.3. The van der Waals surface area contributed by atoms with Crippen LogP contribution >= 0.6 is 0 Å². The average Bonchev–Trinajstić information content (AvgIpc) is 3.04. The van der Waals surface area contributed by atoms with E-state index in [2.05, 4.69) is 68.2 Å². The summed E-state index contributed by atoms with van der Waals surface area (Å²) in [6, 6.07) is 0. The Labute approximate surface area is 279 Å². The molecule has 0 aliphatic heterocycles. The van der Waals surface area contributed by atoms with Gasteiger partial charge in [0.15, 0.2) is 24.4 Å². The molecule has 0 N–H and O–H groups in total. The molecule has 0 fully saturated rings. The monoisotopic (exact) mass is 656 g/mol. The van der Waals surface area contributed by atoms with Crippen molar-refractivity contribution >= 4 is 29.8 Å². The first-order chi connectivity index (χ1) is 22.5. The number of hydrogen-bond donors (Lipinski definition) is 0. The molecule has 0 bridgehead atoms. The normalized spacial score (nSPS) is 14.5. The van der Waals surface area contributed by atoms with Crippen LogP contribution in [0.3, 0.4) is 0 Å². The number of carbonyl (C=O) groups excluding carboxylic acids is 5. The van der Waals surface area contributed by atoms with Crippen LogP contribution < -0.4 is 0 Å². The fourth-order valence-electron chi connectivity index (χ4n) is 3.36. The second-order valence-corrected chi connectivity index (χ2v) is 10.2. The first kappa shape index (κ1) is 42.5. The minimum atomic E-state index is -1.40. The Morgan fingerprint density at radius 1 is 0.511 bits per heavy atom. The lowest BCUT2D eigenvalue weighted by atomic mass is 10.2. The van der Waals surface area contributed by atoms with Gasteiger partial charge in [-0.1, -0.05) is 92.5 Å². The molecule has 0 saturated heterocycles. The van der Waals surface area contributed by atoms with E-state index in [1.54, 1.807) is 0 Å². The quantitative estimate of drug-likeness (QED) is 0.0613. The highest BCUT2D eigenvalue weighted by atomic mass is 16.6. The second-order valence-electron chi connectivity index (χ2n) is 10.2. The van der Waals surface area contributed by atoms with Crippen LogP contribution in [0.25, 0.3) is 0 Å². The number of allylic oxidation sites excluding steroid dienone is 12. The number of rotatable bonds is 24. The van der Waals surface area contributed by atoms with Crippen molar-refractivity contribution in [1.82, 2.24) is 0 Å². The maximum absolute atomic E-state index is 12.3. The predicted octanol–water partition coefficient (Wildman–Crippen LogP) is 6.92. The zero-order chi connectivity index (χ0) is 35.3. The molecule has 0 rings (SSSR count). The van der Waals surface area contributed by atoms with Crippen LogP contribution in [0.2, 0.25) is 0 Å². The van der Waals surface area contributed by atoms with Gasteiger partial charge in [0.05, 0.1) is 0 Å². The molecule has 0 saturated carbocycles. The first-order valence-corrected chi connectivity index (χ1v) is 16.0. The fraction of sp³-hybridized carbons (Fsp3) is 0.486. The maximum Gasteiger partial charge on any atom is 0.347 e. The topological polar surface area (TPSA) is 132 Å². The Hall–Kier alpha value is -4.47. The fourth-order valence-corrected chi connectivity index (χ4v) is 3.36. The molecule has 47 heavy (non-hydrogen) atoms. The molecule has 0 aromatic rings. The summed E-state index contributed by atoms with van der Waals surface area (Å²) in [4.78, 5) is 60.4. The van der Waals surface area contributed by atoms with Gasteiger partial charge in [0.2, 0.25) is 0 Å². The van der Waals surface area contributed by atoms with Gasteiger partial charge in [-0.15, -0.1) is 0 Å². The van der Waals surface area contributed by atoms with Gasteiger partial charge < -0.3 is 23.7 Å². The van der Waals surface area contributed by atoms with Crippen LogP contribution in [0, 0.1) is 0 Å². The van der Waals surface area contributed by atoms with E-state index in [0.717, 1.165) is 38.5 Å². The van der Waals surface area contributed by atoms with Crippen LogP contribution in [0.15, 0.2) is 85.6 Å². The Bertz CT molecular complexity index is 1140. The number of hydrogen-bond acceptors (Lipinski definition) is 10. The number of carbonyl (C=O) groups is 5. The van der Waals surface area contributed by atoms with Gasteiger partial charge in [-0.3, -0.25) is 4.79 Å². The SMILES string of the molecule is C=CCOC(=O)[C@H](C)OC(=O)[C@H](C)OC(=O)[C@H](C)OC(=O)[C@H](C)OC(=O)CC/C=C\C/C=C\C/C=C\C/C=C\C/C=C\C/C=C\CC. The van der Waals surface area contributed by atoms with Crippen LogP contribution in [0.5, 0.6) is 0 Å². The van der Waals surface area contributed by atoms with Crippen LogP contribution in [0.4, 0.5) is 0 Å². The molecular formula is C37H52O10. The van der Waals surface area contributed by atoms with E-state index in [-0.39, 0.29) is 13.0 Å². The van der Waals surface area contributed by atoms with E-state index in [1.807, 2.05) is 18.2 Å². The highest BCUT2D eigenvalue weighted by Crippen LogP contribution is 2.08. The molecular weight excluding hydrogens is 604 g/mol. The molecule has 0 amide bonds. The van der Waals surface area contributed by atoms with Gasteiger partial charge in [-0.05, 0) is 72.6 Å². The zero-order valence-corrected chi connectivity index (χ0v) is 28.5. The van der Waals surface area contributed by atoms with Crippen molar-refractivity contribution in [2.75, 3.05) is 6.61 Å². The van der Waals surface area contributed by atoms with Crippen molar-refractivity contribution in [2.24, 2.45) is 0 Å². The van der Waals surface area contributed by atoms with Gasteiger partial charge in [0, 0.05) is 6.42 Å². The third-order valence-corrected chi connectivity index (χ3v) is 5.97. The minimum absolute atomic E-state index is 0.0502. The summed E-state index contributed by atoms with van der Waals surface area (Å²) in [5.74, 6) is -4.36. The number of esters is 5. The van der Waals surface area contributed by atoms with Gasteiger partial charge in [-0.25, -0.2) is 19.2 Å². The summed E-state index contributed by atoms with van der Waals surface area (Å²) in [5, 5.41) is 0. The Morgan fingerprint density at radius 3 is 1.23 bits per heavy atom. The molecule has 10 nitrogen and oxygen atoms in total. The van der Waals surface area contributed by atoms with Crippen molar-refractivity contribution in [3.8, 4) is 0 Å². The van der Waals surface area contributed by atoms with Crippen LogP contribution in [-0.4, -0.2) is 60.9 Å². The van der Waals surface area contributed by atoms with Crippen LogP contribution in [0.1, 0.15) is 86.0 Å². The molecule has 0 aliphatic carbocycles. The molecule has 0 aromatic carbocycles. The van der Waals surface area contributed by atoms with E-state index in [4.69, 9.17) is 23.7 Å². The van der Waals surface area contributed by atoms with Crippen molar-refractivity contribution in [3.05, 3.63) is 85.6 Å². The highest BCUT2D eigenvalue weighted by molar-refractivity contribution is 5.85. The molecule has 0 heterocycles. The molecule has 0 spiro atoms. The van der Waals surface area contributed by atoms with Crippen molar-refractivity contribution in [3.63, 3.8) is 0 Å². The largest absolute Gasteiger partial charge is 0.459 e. The molecule has 0 unspecified atom stereocenters. The maximum atomic E-state index is 12.3. The summed E-state index contributed by atoms with van der Waals surface area (Å²) in [7, 11) is 0. The third kappa shape index (κ3) is 23.5. The summed E-state index contributed by atoms with van der Waals surface area (Å²) < 4.78 is 24.7. The van der Waals surface area contributed by atoms with Crippen molar-refractivity contribution in [2.45, 2.75) is 110 Å². The lowest BCUT2D eigenvalue weighted by molar-refractivity contribution is -0.184. The van der Waals surface area contributed by atoms with E-state index in [9.17, 15) is 24.0 Å². The zero-order valence-electron chi connectivity index (χ0n) is 28.5. The molecule has 4 atom stereocenters. The Kier molecular flexibility index (Phi) is 25.2. The number of ether oxygens (including phenoxy) is 5. The van der Waals surface area contributed by atoms with Gasteiger partial charge in [0.1, 0.15) is 6.61 Å². The summed E-state index contributed by atoms with van der Waals surface area (Å²) >= 11 is 0. The van der Waals surface area contributed by atoms with Gasteiger partial charge >= 0.3 is 29.8 Å². The molecule has 0 aliphatic rings. The Balaban J connectivity index is 4.20. The molecule has 260 valence electrons. The summed E-state index contributed by atoms with van der Waals surface area (Å²) in [5.41, 5.74) is 0. The molecule has 10 heteroatoms. The lowest BCUT2D eigenvalue weighted by Gasteiger charge is -2.19. The first-order valence-electron chi connectivity index (χ1n) is 16.0. The van der Waals surface area contributed by atoms with Crippen LogP contribution in [-0.2, 0) is 47.7 Å². The van der Waals surface area contributed by atoms with E-state index in [1.165, 1.54) is 33.8 Å². The van der Waals surface area contributed by atoms with Crippen molar-refractivity contribution < 1.29 is 47.7 Å². The smallest absolute Gasteiger partial charge is 0.347 e.